The van der Waals surface area contributed by atoms with Crippen LogP contribution in [0.1, 0.15) is 44.6 Å². The topological polar surface area (TPSA) is 120 Å². The third-order valence-corrected chi connectivity index (χ3v) is 9.70. The number of nitrogens with one attached hydrogen (secondary N) is 1. The van der Waals surface area contributed by atoms with E-state index in [1.54, 1.807) is 61.9 Å². The van der Waals surface area contributed by atoms with E-state index in [1.807, 2.05) is 70.6 Å². The first-order valence-corrected chi connectivity index (χ1v) is 17.0. The maximum atomic E-state index is 14.0. The van der Waals surface area contributed by atoms with E-state index in [2.05, 4.69) is 15.5 Å². The molecule has 3 heterocycles. The summed E-state index contributed by atoms with van der Waals surface area (Å²) in [6.07, 6.45) is 0.530. The number of ether oxygens (including phenoxy) is 3. The smallest absolute Gasteiger partial charge is 0.253 e. The van der Waals surface area contributed by atoms with Crippen molar-refractivity contribution in [1.29, 1.82) is 0 Å². The summed E-state index contributed by atoms with van der Waals surface area (Å²) in [5, 5.41) is 20.7. The molecule has 2 amide bonds. The lowest BCUT2D eigenvalue weighted by Crippen LogP contribution is -2.29. The van der Waals surface area contributed by atoms with Gasteiger partial charge in [0.2, 0.25) is 0 Å². The Hall–Kier alpha value is -5.14. The number of hydrazone groups is 1. The van der Waals surface area contributed by atoms with Crippen molar-refractivity contribution in [3.63, 3.8) is 0 Å². The standard InChI is InChI=1S/C35H34N6O5S2/c1-44-25-16-14-24(15-17-25)34(43)36-20-31-37-38-35(40(31)21-23-9-5-4-6-10-23)48-22-32(42)41-28(19-27(39-41)30-13-8-18-47-30)26-11-7-12-29(45-2)33(26)46-3/h4-18,28H,19-22H2,1-3H3,(H,36,43). The number of rotatable bonds is 13. The van der Waals surface area contributed by atoms with E-state index in [0.717, 1.165) is 21.7 Å². The van der Waals surface area contributed by atoms with Gasteiger partial charge in [0, 0.05) is 17.5 Å². The molecular weight excluding hydrogens is 649 g/mol. The Morgan fingerprint density at radius 3 is 2.44 bits per heavy atom. The minimum Gasteiger partial charge on any atom is -0.497 e. The summed E-state index contributed by atoms with van der Waals surface area (Å²) >= 11 is 2.86. The molecule has 2 aromatic heterocycles. The van der Waals surface area contributed by atoms with E-state index in [1.165, 1.54) is 11.8 Å². The molecule has 1 atom stereocenters. The van der Waals surface area contributed by atoms with Crippen molar-refractivity contribution in [2.24, 2.45) is 5.10 Å². The normalized spacial score (nSPS) is 14.0. The Labute approximate surface area is 286 Å². The van der Waals surface area contributed by atoms with Crippen LogP contribution in [0.15, 0.2) is 101 Å². The number of para-hydroxylation sites is 1. The summed E-state index contributed by atoms with van der Waals surface area (Å²) < 4.78 is 18.4. The van der Waals surface area contributed by atoms with Gasteiger partial charge in [0.15, 0.2) is 22.5 Å². The van der Waals surface area contributed by atoms with E-state index in [-0.39, 0.29) is 30.2 Å². The fourth-order valence-corrected chi connectivity index (χ4v) is 6.96. The van der Waals surface area contributed by atoms with Gasteiger partial charge < -0.3 is 24.1 Å². The number of thiophene rings is 1. The van der Waals surface area contributed by atoms with Gasteiger partial charge >= 0.3 is 0 Å². The van der Waals surface area contributed by atoms with Crippen LogP contribution >= 0.6 is 23.1 Å². The first-order valence-electron chi connectivity index (χ1n) is 15.1. The highest BCUT2D eigenvalue weighted by atomic mass is 32.2. The molecule has 0 aliphatic carbocycles. The number of aromatic nitrogens is 3. The molecule has 1 aliphatic rings. The second-order valence-corrected chi connectivity index (χ2v) is 12.6. The summed E-state index contributed by atoms with van der Waals surface area (Å²) in [4.78, 5) is 27.9. The zero-order valence-electron chi connectivity index (χ0n) is 26.7. The maximum Gasteiger partial charge on any atom is 0.253 e. The highest BCUT2D eigenvalue weighted by Gasteiger charge is 2.36. The molecule has 0 bridgehead atoms. The lowest BCUT2D eigenvalue weighted by molar-refractivity contribution is -0.130. The Bertz CT molecular complexity index is 1890. The number of amides is 2. The number of thioether (sulfide) groups is 1. The number of nitrogens with zero attached hydrogens (tertiary/aromatic N) is 5. The zero-order chi connectivity index (χ0) is 33.5. The van der Waals surface area contributed by atoms with Gasteiger partial charge in [0.25, 0.3) is 11.8 Å². The van der Waals surface area contributed by atoms with Gasteiger partial charge in [-0.05, 0) is 47.3 Å². The fourth-order valence-electron chi connectivity index (χ4n) is 5.43. The number of hydrogen-bond acceptors (Lipinski definition) is 10. The number of hydrogen-bond donors (Lipinski definition) is 1. The maximum absolute atomic E-state index is 14.0. The first-order chi connectivity index (χ1) is 23.5. The molecule has 0 saturated heterocycles. The average molecular weight is 683 g/mol. The molecule has 13 heteroatoms. The van der Waals surface area contributed by atoms with Crippen LogP contribution in [0.4, 0.5) is 0 Å². The summed E-state index contributed by atoms with van der Waals surface area (Å²) in [5.74, 6) is 2.02. The van der Waals surface area contributed by atoms with Crippen LogP contribution in [-0.2, 0) is 17.9 Å². The summed E-state index contributed by atoms with van der Waals surface area (Å²) in [5.41, 5.74) is 3.18. The minimum absolute atomic E-state index is 0.0646. The molecule has 1 aliphatic heterocycles. The largest absolute Gasteiger partial charge is 0.497 e. The quantitative estimate of drug-likeness (QED) is 0.155. The van der Waals surface area contributed by atoms with E-state index in [0.29, 0.717) is 46.8 Å². The van der Waals surface area contributed by atoms with Crippen LogP contribution in [0.5, 0.6) is 17.2 Å². The van der Waals surface area contributed by atoms with Crippen LogP contribution in [0.3, 0.4) is 0 Å². The van der Waals surface area contributed by atoms with Gasteiger partial charge in [-0.25, -0.2) is 5.01 Å². The molecule has 11 nitrogen and oxygen atoms in total. The van der Waals surface area contributed by atoms with Crippen molar-refractivity contribution >= 4 is 40.6 Å². The zero-order valence-corrected chi connectivity index (χ0v) is 28.3. The Morgan fingerprint density at radius 2 is 1.73 bits per heavy atom. The lowest BCUT2D eigenvalue weighted by Gasteiger charge is -2.24. The van der Waals surface area contributed by atoms with Crippen molar-refractivity contribution in [2.75, 3.05) is 27.1 Å². The van der Waals surface area contributed by atoms with Gasteiger partial charge in [-0.3, -0.25) is 9.59 Å². The van der Waals surface area contributed by atoms with E-state index in [9.17, 15) is 9.59 Å². The van der Waals surface area contributed by atoms with Crippen LogP contribution in [0.2, 0.25) is 0 Å². The third-order valence-electron chi connectivity index (χ3n) is 7.82. The van der Waals surface area contributed by atoms with Crippen molar-refractivity contribution < 1.29 is 23.8 Å². The third kappa shape index (κ3) is 7.21. The van der Waals surface area contributed by atoms with Crippen molar-refractivity contribution in [2.45, 2.75) is 30.7 Å². The summed E-state index contributed by atoms with van der Waals surface area (Å²) in [6.45, 7) is 0.615. The highest BCUT2D eigenvalue weighted by Crippen LogP contribution is 2.42. The average Bonchev–Trinajstić information content (AvgIpc) is 3.90. The predicted molar refractivity (Wildman–Crippen MR) is 185 cm³/mol. The molecule has 5 aromatic rings. The molecule has 48 heavy (non-hydrogen) atoms. The second-order valence-electron chi connectivity index (χ2n) is 10.7. The molecule has 0 saturated carbocycles. The lowest BCUT2D eigenvalue weighted by atomic mass is 9.99. The molecule has 1 N–H and O–H groups in total. The first kappa shape index (κ1) is 32.8. The molecule has 6 rings (SSSR count). The van der Waals surface area contributed by atoms with E-state index in [4.69, 9.17) is 19.3 Å². The molecule has 0 radical (unpaired) electrons. The number of carbonyl (C=O) groups excluding carboxylic acids is 2. The summed E-state index contributed by atoms with van der Waals surface area (Å²) in [7, 11) is 4.76. The molecule has 1 unspecified atom stereocenters. The van der Waals surface area contributed by atoms with Crippen LogP contribution in [0, 0.1) is 0 Å². The number of benzene rings is 3. The number of carbonyl (C=O) groups is 2. The predicted octanol–water partition coefficient (Wildman–Crippen LogP) is 5.81. The SMILES string of the molecule is COc1ccc(C(=O)NCc2nnc(SCC(=O)N3N=C(c4cccs4)CC3c3cccc(OC)c3OC)n2Cc2ccccc2)cc1. The van der Waals surface area contributed by atoms with Crippen molar-refractivity contribution in [3.8, 4) is 17.2 Å². The molecule has 0 fully saturated rings. The Morgan fingerprint density at radius 1 is 0.917 bits per heavy atom. The van der Waals surface area contributed by atoms with Gasteiger partial charge in [-0.1, -0.05) is 60.3 Å². The van der Waals surface area contributed by atoms with Crippen LogP contribution < -0.4 is 19.5 Å². The molecule has 246 valence electrons. The van der Waals surface area contributed by atoms with Gasteiger partial charge in [0.05, 0.1) is 56.8 Å². The van der Waals surface area contributed by atoms with Crippen LogP contribution in [-0.4, -0.2) is 64.4 Å². The molecule has 3 aromatic carbocycles. The molecular formula is C35H34N6O5S2. The second kappa shape index (κ2) is 15.2. The van der Waals surface area contributed by atoms with Crippen molar-refractivity contribution in [3.05, 3.63) is 118 Å². The van der Waals surface area contributed by atoms with E-state index < -0.39 is 0 Å². The highest BCUT2D eigenvalue weighted by molar-refractivity contribution is 7.99. The van der Waals surface area contributed by atoms with Gasteiger partial charge in [-0.2, -0.15) is 5.10 Å². The number of methoxy groups -OCH3 is 3. The van der Waals surface area contributed by atoms with E-state index >= 15 is 0 Å². The Kier molecular flexibility index (Phi) is 10.4. The summed E-state index contributed by atoms with van der Waals surface area (Å²) in [6, 6.07) is 26.0. The Balaban J connectivity index is 1.23. The molecule has 0 spiro atoms. The monoisotopic (exact) mass is 682 g/mol. The minimum atomic E-state index is -0.383. The van der Waals surface area contributed by atoms with Gasteiger partial charge in [0.1, 0.15) is 5.75 Å². The van der Waals surface area contributed by atoms with Crippen molar-refractivity contribution in [1.82, 2.24) is 25.1 Å². The van der Waals surface area contributed by atoms with Gasteiger partial charge in [-0.15, -0.1) is 21.5 Å². The van der Waals surface area contributed by atoms with Crippen LogP contribution in [0.25, 0.3) is 0 Å². The fraction of sp³-hybridized carbons (Fsp3) is 0.229.